The van der Waals surface area contributed by atoms with Gasteiger partial charge in [0, 0.05) is 6.04 Å². The van der Waals surface area contributed by atoms with Crippen molar-refractivity contribution in [1.82, 2.24) is 4.98 Å². The van der Waals surface area contributed by atoms with E-state index < -0.39 is 0 Å². The zero-order chi connectivity index (χ0) is 13.0. The van der Waals surface area contributed by atoms with Crippen molar-refractivity contribution in [2.75, 3.05) is 5.32 Å². The second kappa shape index (κ2) is 5.96. The topological polar surface area (TPSA) is 24.9 Å². The first kappa shape index (κ1) is 13.0. The van der Waals surface area contributed by atoms with Crippen LogP contribution in [0.15, 0.2) is 47.1 Å². The summed E-state index contributed by atoms with van der Waals surface area (Å²) in [6.07, 6.45) is 0.828. The fourth-order valence-electron chi connectivity index (χ4n) is 1.77. The molecule has 2 rings (SSSR count). The van der Waals surface area contributed by atoms with E-state index in [1.807, 2.05) is 30.3 Å². The van der Waals surface area contributed by atoms with Gasteiger partial charge in [-0.15, -0.1) is 0 Å². The molecule has 0 aliphatic carbocycles. The van der Waals surface area contributed by atoms with Crippen LogP contribution in [0.3, 0.4) is 0 Å². The number of aromatic nitrogens is 1. The van der Waals surface area contributed by atoms with Gasteiger partial charge in [-0.05, 0) is 59.1 Å². The van der Waals surface area contributed by atoms with Gasteiger partial charge in [-0.2, -0.15) is 0 Å². The van der Waals surface area contributed by atoms with Crippen molar-refractivity contribution >= 4 is 21.7 Å². The van der Waals surface area contributed by atoms with Crippen molar-refractivity contribution < 1.29 is 4.39 Å². The van der Waals surface area contributed by atoms with Gasteiger partial charge in [-0.25, -0.2) is 9.37 Å². The van der Waals surface area contributed by atoms with Crippen molar-refractivity contribution in [3.63, 3.8) is 0 Å². The summed E-state index contributed by atoms with van der Waals surface area (Å²) in [4.78, 5) is 4.31. The molecule has 0 saturated carbocycles. The quantitative estimate of drug-likeness (QED) is 0.863. The van der Waals surface area contributed by atoms with Gasteiger partial charge in [0.05, 0.1) is 0 Å². The van der Waals surface area contributed by atoms with E-state index in [1.54, 1.807) is 0 Å². The lowest BCUT2D eigenvalue weighted by atomic mass is 10.1. The smallest absolute Gasteiger partial charge is 0.127 e. The second-order valence-corrected chi connectivity index (χ2v) is 5.03. The molecular formula is C14H14BrFN2. The number of hydrogen-bond acceptors (Lipinski definition) is 2. The van der Waals surface area contributed by atoms with E-state index in [0.717, 1.165) is 22.4 Å². The van der Waals surface area contributed by atoms with Gasteiger partial charge >= 0.3 is 0 Å². The number of pyridine rings is 1. The van der Waals surface area contributed by atoms with Crippen LogP contribution in [0.2, 0.25) is 0 Å². The lowest BCUT2D eigenvalue weighted by Gasteiger charge is -2.14. The maximum Gasteiger partial charge on any atom is 0.127 e. The zero-order valence-corrected chi connectivity index (χ0v) is 11.6. The van der Waals surface area contributed by atoms with E-state index in [9.17, 15) is 4.39 Å². The molecule has 1 aromatic carbocycles. The number of rotatable bonds is 4. The Morgan fingerprint density at radius 3 is 2.61 bits per heavy atom. The molecule has 0 aliphatic heterocycles. The predicted molar refractivity (Wildman–Crippen MR) is 75.1 cm³/mol. The lowest BCUT2D eigenvalue weighted by Crippen LogP contribution is -2.18. The van der Waals surface area contributed by atoms with Gasteiger partial charge in [0.1, 0.15) is 16.2 Å². The molecule has 0 amide bonds. The molecule has 0 spiro atoms. The highest BCUT2D eigenvalue weighted by Crippen LogP contribution is 2.13. The second-order valence-electron chi connectivity index (χ2n) is 4.22. The minimum absolute atomic E-state index is 0.201. The third-order valence-corrected chi connectivity index (χ3v) is 3.01. The van der Waals surface area contributed by atoms with Crippen molar-refractivity contribution in [2.24, 2.45) is 0 Å². The SMILES string of the molecule is CC(Cc1ccc(F)cc1)Nc1cccc(Br)n1. The first-order chi connectivity index (χ1) is 8.63. The molecule has 0 saturated heterocycles. The van der Waals surface area contributed by atoms with Crippen molar-refractivity contribution in [3.05, 3.63) is 58.4 Å². The Labute approximate surface area is 114 Å². The highest BCUT2D eigenvalue weighted by Gasteiger charge is 2.05. The van der Waals surface area contributed by atoms with Crippen LogP contribution >= 0.6 is 15.9 Å². The Balaban J connectivity index is 1.96. The summed E-state index contributed by atoms with van der Waals surface area (Å²) in [7, 11) is 0. The molecule has 4 heteroatoms. The van der Waals surface area contributed by atoms with Gasteiger partial charge in [-0.1, -0.05) is 18.2 Å². The monoisotopic (exact) mass is 308 g/mol. The van der Waals surface area contributed by atoms with Crippen molar-refractivity contribution in [1.29, 1.82) is 0 Å². The van der Waals surface area contributed by atoms with Crippen LogP contribution in [0.4, 0.5) is 10.2 Å². The molecule has 2 aromatic rings. The van der Waals surface area contributed by atoms with Crippen LogP contribution in [0.5, 0.6) is 0 Å². The van der Waals surface area contributed by atoms with E-state index in [2.05, 4.69) is 33.2 Å². The number of nitrogens with one attached hydrogen (secondary N) is 1. The van der Waals surface area contributed by atoms with Crippen LogP contribution in [0, 0.1) is 5.82 Å². The minimum atomic E-state index is -0.201. The third-order valence-electron chi connectivity index (χ3n) is 2.56. The number of hydrogen-bond donors (Lipinski definition) is 1. The number of benzene rings is 1. The Bertz CT molecular complexity index is 513. The van der Waals surface area contributed by atoms with E-state index in [4.69, 9.17) is 0 Å². The molecule has 1 N–H and O–H groups in total. The molecular weight excluding hydrogens is 295 g/mol. The van der Waals surface area contributed by atoms with E-state index in [0.29, 0.717) is 0 Å². The number of nitrogens with zero attached hydrogens (tertiary/aromatic N) is 1. The standard InChI is InChI=1S/C14H14BrFN2/c1-10(9-11-5-7-12(16)8-6-11)17-14-4-2-3-13(15)18-14/h2-8,10H,9H2,1H3,(H,17,18). The lowest BCUT2D eigenvalue weighted by molar-refractivity contribution is 0.626. The summed E-state index contributed by atoms with van der Waals surface area (Å²) in [5.74, 6) is 0.631. The fourth-order valence-corrected chi connectivity index (χ4v) is 2.11. The van der Waals surface area contributed by atoms with Crippen molar-refractivity contribution in [3.8, 4) is 0 Å². The highest BCUT2D eigenvalue weighted by molar-refractivity contribution is 9.10. The molecule has 0 radical (unpaired) electrons. The van der Waals surface area contributed by atoms with Crippen molar-refractivity contribution in [2.45, 2.75) is 19.4 Å². The minimum Gasteiger partial charge on any atom is -0.367 e. The Kier molecular flexibility index (Phi) is 4.31. The van der Waals surface area contributed by atoms with Gasteiger partial charge in [0.25, 0.3) is 0 Å². The van der Waals surface area contributed by atoms with Crippen LogP contribution in [-0.2, 0) is 6.42 Å². The molecule has 0 aliphatic rings. The molecule has 1 unspecified atom stereocenters. The van der Waals surface area contributed by atoms with Crippen LogP contribution in [0.1, 0.15) is 12.5 Å². The highest BCUT2D eigenvalue weighted by atomic mass is 79.9. The van der Waals surface area contributed by atoms with Gasteiger partial charge in [-0.3, -0.25) is 0 Å². The van der Waals surface area contributed by atoms with Gasteiger partial charge < -0.3 is 5.32 Å². The molecule has 2 nitrogen and oxygen atoms in total. The van der Waals surface area contributed by atoms with Crippen LogP contribution in [0.25, 0.3) is 0 Å². The van der Waals surface area contributed by atoms with E-state index >= 15 is 0 Å². The Hall–Kier alpha value is -1.42. The summed E-state index contributed by atoms with van der Waals surface area (Å²) in [5.41, 5.74) is 1.10. The molecule has 0 bridgehead atoms. The Morgan fingerprint density at radius 1 is 1.22 bits per heavy atom. The summed E-state index contributed by atoms with van der Waals surface area (Å²) in [6, 6.07) is 12.6. The average Bonchev–Trinajstić information content (AvgIpc) is 2.32. The molecule has 1 aromatic heterocycles. The predicted octanol–water partition coefficient (Wildman–Crippen LogP) is 4.03. The molecule has 1 atom stereocenters. The summed E-state index contributed by atoms with van der Waals surface area (Å²) in [5, 5.41) is 3.31. The van der Waals surface area contributed by atoms with Gasteiger partial charge in [0.15, 0.2) is 0 Å². The first-order valence-corrected chi connectivity index (χ1v) is 6.56. The largest absolute Gasteiger partial charge is 0.367 e. The van der Waals surface area contributed by atoms with Crippen LogP contribution in [-0.4, -0.2) is 11.0 Å². The first-order valence-electron chi connectivity index (χ1n) is 5.77. The van der Waals surface area contributed by atoms with E-state index in [1.165, 1.54) is 12.1 Å². The normalized spacial score (nSPS) is 12.2. The molecule has 94 valence electrons. The summed E-state index contributed by atoms with van der Waals surface area (Å²) in [6.45, 7) is 2.08. The maximum absolute atomic E-state index is 12.8. The van der Waals surface area contributed by atoms with Crippen LogP contribution < -0.4 is 5.32 Å². The molecule has 18 heavy (non-hydrogen) atoms. The van der Waals surface area contributed by atoms with E-state index in [-0.39, 0.29) is 11.9 Å². The number of anilines is 1. The molecule has 0 fully saturated rings. The third kappa shape index (κ3) is 3.81. The molecule has 1 heterocycles. The number of halogens is 2. The fraction of sp³-hybridized carbons (Fsp3) is 0.214. The zero-order valence-electron chi connectivity index (χ0n) is 10.0. The van der Waals surface area contributed by atoms with Gasteiger partial charge in [0.2, 0.25) is 0 Å². The summed E-state index contributed by atoms with van der Waals surface area (Å²) < 4.78 is 13.6. The Morgan fingerprint density at radius 2 is 1.94 bits per heavy atom. The average molecular weight is 309 g/mol. The maximum atomic E-state index is 12.8. The summed E-state index contributed by atoms with van der Waals surface area (Å²) >= 11 is 3.33.